The maximum absolute atomic E-state index is 2.29. The van der Waals surface area contributed by atoms with E-state index in [4.69, 9.17) is 0 Å². The van der Waals surface area contributed by atoms with E-state index in [0.29, 0.717) is 5.41 Å². The van der Waals surface area contributed by atoms with Crippen molar-refractivity contribution in [2.75, 3.05) is 0 Å². The van der Waals surface area contributed by atoms with E-state index in [9.17, 15) is 0 Å². The molecule has 1 fully saturated rings. The second-order valence-corrected chi connectivity index (χ2v) is 8.04. The van der Waals surface area contributed by atoms with Gasteiger partial charge in [-0.3, -0.25) is 0 Å². The lowest BCUT2D eigenvalue weighted by Crippen LogP contribution is -2.08. The Bertz CT molecular complexity index is 232. The van der Waals surface area contributed by atoms with Gasteiger partial charge in [0, 0.05) is 0 Å². The molecule has 1 saturated carbocycles. The zero-order valence-electron chi connectivity index (χ0n) is 14.7. The Labute approximate surface area is 130 Å². The van der Waals surface area contributed by atoms with Gasteiger partial charge in [0.1, 0.15) is 0 Å². The Balaban J connectivity index is 0. The van der Waals surface area contributed by atoms with Gasteiger partial charge >= 0.3 is 0 Å². The average molecular weight is 283 g/mol. The molecule has 0 aliphatic heterocycles. The molecule has 0 saturated heterocycles. The number of hydrogen-bond acceptors (Lipinski definition) is 0. The monoisotopic (exact) mass is 282 g/mol. The molecule has 0 unspecified atom stereocenters. The summed E-state index contributed by atoms with van der Waals surface area (Å²) < 4.78 is 0. The van der Waals surface area contributed by atoms with E-state index >= 15 is 0 Å². The van der Waals surface area contributed by atoms with Crippen LogP contribution in [0.15, 0.2) is 11.1 Å². The highest BCUT2D eigenvalue weighted by Gasteiger charge is 2.16. The summed E-state index contributed by atoms with van der Waals surface area (Å²) in [4.78, 5) is 0. The van der Waals surface area contributed by atoms with E-state index in [1.165, 1.54) is 51.4 Å². The zero-order chi connectivity index (χ0) is 14.9. The van der Waals surface area contributed by atoms with Crippen LogP contribution < -0.4 is 0 Å². The molecule has 0 amide bonds. The van der Waals surface area contributed by atoms with Crippen molar-refractivity contribution in [3.63, 3.8) is 0 Å². The highest BCUT2D eigenvalue weighted by molar-refractivity contribution is 5.11. The summed E-state index contributed by atoms with van der Waals surface area (Å²) in [6, 6.07) is 0. The third-order valence-electron chi connectivity index (χ3n) is 3.63. The van der Waals surface area contributed by atoms with Gasteiger partial charge in [-0.25, -0.2) is 0 Å². The van der Waals surface area contributed by atoms with Crippen LogP contribution in [0.2, 0.25) is 0 Å². The van der Waals surface area contributed by atoms with Crippen molar-refractivity contribution in [3.8, 4) is 0 Å². The fraction of sp³-hybridized carbons (Fsp3) is 0.900. The number of unbranched alkanes of at least 4 members (excludes halogenated alkanes) is 2. The molecule has 1 aliphatic rings. The van der Waals surface area contributed by atoms with Gasteiger partial charge in [-0.2, -0.15) is 0 Å². The minimum Gasteiger partial charge on any atom is -0.0776 e. The van der Waals surface area contributed by atoms with Crippen LogP contribution in [-0.2, 0) is 0 Å². The highest BCUT2D eigenvalue weighted by Crippen LogP contribution is 2.32. The summed E-state index contributed by atoms with van der Waals surface area (Å²) in [6.45, 7) is 15.6. The molecule has 0 nitrogen and oxygen atoms in total. The number of hydrogen-bond donors (Lipinski definition) is 0. The van der Waals surface area contributed by atoms with E-state index in [0.717, 1.165) is 5.92 Å². The first-order chi connectivity index (χ1) is 8.74. The minimum absolute atomic E-state index is 0. The second kappa shape index (κ2) is 11.4. The first kappa shape index (κ1) is 22.0. The molecule has 0 radical (unpaired) electrons. The van der Waals surface area contributed by atoms with Crippen molar-refractivity contribution in [1.29, 1.82) is 0 Å². The third kappa shape index (κ3) is 14.2. The maximum atomic E-state index is 2.29. The molecular weight excluding hydrogens is 240 g/mol. The summed E-state index contributed by atoms with van der Waals surface area (Å²) in [5, 5.41) is 0. The molecule has 0 aromatic carbocycles. The molecule has 122 valence electrons. The third-order valence-corrected chi connectivity index (χ3v) is 3.63. The standard InChI is InChI=1S/C14H26.C5H12.CH4/c1-4-5-6-7-13-8-10-14(11-9-13)12(2)3;1-5(2,3)4;/h13H,4-11H2,1-3H3;1-4H3;1H4. The first-order valence-electron chi connectivity index (χ1n) is 8.39. The second-order valence-electron chi connectivity index (χ2n) is 8.04. The van der Waals surface area contributed by atoms with Crippen LogP contribution in [0.5, 0.6) is 0 Å². The summed E-state index contributed by atoms with van der Waals surface area (Å²) in [6.07, 6.45) is 11.5. The molecule has 0 aromatic heterocycles. The maximum Gasteiger partial charge on any atom is -0.0315 e. The average Bonchev–Trinajstić information content (AvgIpc) is 2.28. The van der Waals surface area contributed by atoms with E-state index in [1.54, 1.807) is 11.1 Å². The van der Waals surface area contributed by atoms with Crippen molar-refractivity contribution in [2.45, 2.75) is 107 Å². The normalized spacial score (nSPS) is 18.8. The summed E-state index contributed by atoms with van der Waals surface area (Å²) >= 11 is 0. The molecule has 0 atom stereocenters. The molecule has 1 rings (SSSR count). The predicted molar refractivity (Wildman–Crippen MR) is 96.3 cm³/mol. The van der Waals surface area contributed by atoms with Crippen molar-refractivity contribution in [2.24, 2.45) is 11.3 Å². The van der Waals surface area contributed by atoms with Crippen LogP contribution in [0.4, 0.5) is 0 Å². The predicted octanol–water partition coefficient (Wildman–Crippen LogP) is 7.78. The van der Waals surface area contributed by atoms with Crippen LogP contribution in [0.3, 0.4) is 0 Å². The van der Waals surface area contributed by atoms with Gasteiger partial charge in [0.05, 0.1) is 0 Å². The van der Waals surface area contributed by atoms with Crippen molar-refractivity contribution in [1.82, 2.24) is 0 Å². The van der Waals surface area contributed by atoms with E-state index < -0.39 is 0 Å². The topological polar surface area (TPSA) is 0 Å². The van der Waals surface area contributed by atoms with Crippen LogP contribution in [0.1, 0.15) is 107 Å². The smallest absolute Gasteiger partial charge is 0.0315 e. The Kier molecular flexibility index (Phi) is 12.6. The van der Waals surface area contributed by atoms with Gasteiger partial charge in [0.25, 0.3) is 0 Å². The minimum atomic E-state index is 0. The Morgan fingerprint density at radius 2 is 1.45 bits per heavy atom. The van der Waals surface area contributed by atoms with Gasteiger partial charge < -0.3 is 0 Å². The molecule has 0 bridgehead atoms. The lowest BCUT2D eigenvalue weighted by molar-refractivity contribution is 0.368. The molecule has 0 heterocycles. The zero-order valence-corrected chi connectivity index (χ0v) is 14.7. The Morgan fingerprint density at radius 1 is 1.00 bits per heavy atom. The van der Waals surface area contributed by atoms with Gasteiger partial charge in [-0.05, 0) is 50.9 Å². The molecule has 20 heavy (non-hydrogen) atoms. The van der Waals surface area contributed by atoms with Crippen LogP contribution in [0.25, 0.3) is 0 Å². The van der Waals surface area contributed by atoms with Crippen molar-refractivity contribution >= 4 is 0 Å². The molecular formula is C20H42. The largest absolute Gasteiger partial charge is 0.0776 e. The van der Waals surface area contributed by atoms with Gasteiger partial charge in [0.15, 0.2) is 0 Å². The van der Waals surface area contributed by atoms with Crippen LogP contribution in [0, 0.1) is 11.3 Å². The molecule has 0 spiro atoms. The van der Waals surface area contributed by atoms with Crippen molar-refractivity contribution < 1.29 is 0 Å². The summed E-state index contributed by atoms with van der Waals surface area (Å²) in [5.74, 6) is 1.05. The lowest BCUT2D eigenvalue weighted by Gasteiger charge is -2.24. The number of rotatable bonds is 4. The van der Waals surface area contributed by atoms with Crippen LogP contribution in [-0.4, -0.2) is 0 Å². The molecule has 0 N–H and O–H groups in total. The van der Waals surface area contributed by atoms with E-state index in [2.05, 4.69) is 48.5 Å². The van der Waals surface area contributed by atoms with Gasteiger partial charge in [-0.1, -0.05) is 78.9 Å². The summed E-state index contributed by atoms with van der Waals surface area (Å²) in [7, 11) is 0. The fourth-order valence-corrected chi connectivity index (χ4v) is 2.50. The molecule has 1 aliphatic carbocycles. The SMILES string of the molecule is C.CC(C)(C)C.CCCCCC1CCC(=C(C)C)CC1. The van der Waals surface area contributed by atoms with Gasteiger partial charge in [-0.15, -0.1) is 0 Å². The Morgan fingerprint density at radius 3 is 1.80 bits per heavy atom. The van der Waals surface area contributed by atoms with E-state index in [-0.39, 0.29) is 7.43 Å². The van der Waals surface area contributed by atoms with Crippen LogP contribution >= 0.6 is 0 Å². The molecule has 0 heteroatoms. The highest BCUT2D eigenvalue weighted by atomic mass is 14.2. The van der Waals surface area contributed by atoms with Crippen molar-refractivity contribution in [3.05, 3.63) is 11.1 Å². The molecule has 0 aromatic rings. The summed E-state index contributed by atoms with van der Waals surface area (Å²) in [5.41, 5.74) is 3.83. The quantitative estimate of drug-likeness (QED) is 0.365. The Hall–Kier alpha value is -0.260. The fourth-order valence-electron chi connectivity index (χ4n) is 2.50. The number of allylic oxidation sites excluding steroid dienone is 2. The first-order valence-corrected chi connectivity index (χ1v) is 8.39. The lowest BCUT2D eigenvalue weighted by atomic mass is 9.81. The van der Waals surface area contributed by atoms with Gasteiger partial charge in [0.2, 0.25) is 0 Å². The van der Waals surface area contributed by atoms with E-state index in [1.807, 2.05) is 0 Å².